The molecule has 6 nitrogen and oxygen atoms in total. The standard InChI is InChI=1S/C17H26N4O2S.ClH/c1-15(2)12-20-13-17(19-14-20)24(22,23)21(11-9-18)10-8-16-6-4-3-5-7-16;/h3-7,13-15H,8-12,18H2,1-2H3;1H. The van der Waals surface area contributed by atoms with E-state index in [4.69, 9.17) is 5.73 Å². The number of hydrogen-bond donors (Lipinski definition) is 1. The first kappa shape index (κ1) is 21.6. The number of benzene rings is 1. The summed E-state index contributed by atoms with van der Waals surface area (Å²) in [6, 6.07) is 9.82. The first-order valence-electron chi connectivity index (χ1n) is 8.19. The molecule has 0 aliphatic carbocycles. The van der Waals surface area contributed by atoms with Gasteiger partial charge in [-0.2, -0.15) is 4.31 Å². The molecule has 0 aliphatic heterocycles. The summed E-state index contributed by atoms with van der Waals surface area (Å²) in [6.45, 7) is 5.85. The maximum atomic E-state index is 12.8. The topological polar surface area (TPSA) is 81.2 Å². The monoisotopic (exact) mass is 386 g/mol. The van der Waals surface area contributed by atoms with Gasteiger partial charge in [0.2, 0.25) is 0 Å². The Morgan fingerprint density at radius 3 is 2.48 bits per heavy atom. The number of halogens is 1. The summed E-state index contributed by atoms with van der Waals surface area (Å²) in [5.41, 5.74) is 6.71. The summed E-state index contributed by atoms with van der Waals surface area (Å²) in [5.74, 6) is 0.424. The number of nitrogens with two attached hydrogens (primary N) is 1. The van der Waals surface area contributed by atoms with Crippen molar-refractivity contribution in [3.05, 3.63) is 48.4 Å². The van der Waals surface area contributed by atoms with Gasteiger partial charge in [0.1, 0.15) is 0 Å². The number of aromatic nitrogens is 2. The highest BCUT2D eigenvalue weighted by atomic mass is 35.5. The lowest BCUT2D eigenvalue weighted by Gasteiger charge is -2.20. The van der Waals surface area contributed by atoms with Crippen LogP contribution in [0, 0.1) is 5.92 Å². The van der Waals surface area contributed by atoms with Crippen LogP contribution in [0.4, 0.5) is 0 Å². The lowest BCUT2D eigenvalue weighted by Crippen LogP contribution is -2.37. The van der Waals surface area contributed by atoms with Crippen molar-refractivity contribution in [1.29, 1.82) is 0 Å². The molecule has 1 aromatic carbocycles. The van der Waals surface area contributed by atoms with Crippen molar-refractivity contribution >= 4 is 22.4 Å². The average molecular weight is 387 g/mol. The lowest BCUT2D eigenvalue weighted by atomic mass is 10.1. The number of hydrogen-bond acceptors (Lipinski definition) is 4. The fraction of sp³-hybridized carbons (Fsp3) is 0.471. The molecule has 1 aromatic heterocycles. The van der Waals surface area contributed by atoms with E-state index in [-0.39, 0.29) is 30.5 Å². The zero-order valence-corrected chi connectivity index (χ0v) is 16.3. The number of nitrogens with zero attached hydrogens (tertiary/aromatic N) is 3. The van der Waals surface area contributed by atoms with Crippen LogP contribution in [-0.2, 0) is 23.0 Å². The minimum atomic E-state index is -3.63. The molecule has 2 rings (SSSR count). The van der Waals surface area contributed by atoms with Crippen molar-refractivity contribution in [2.45, 2.75) is 31.8 Å². The Morgan fingerprint density at radius 1 is 1.20 bits per heavy atom. The van der Waals surface area contributed by atoms with Crippen LogP contribution in [0.2, 0.25) is 0 Å². The Hall–Kier alpha value is -1.41. The van der Waals surface area contributed by atoms with Crippen LogP contribution in [-0.4, -0.2) is 41.9 Å². The molecule has 0 spiro atoms. The van der Waals surface area contributed by atoms with E-state index in [0.29, 0.717) is 18.9 Å². The summed E-state index contributed by atoms with van der Waals surface area (Å²) >= 11 is 0. The summed E-state index contributed by atoms with van der Waals surface area (Å²) in [7, 11) is -3.63. The van der Waals surface area contributed by atoms with Crippen molar-refractivity contribution in [2.24, 2.45) is 11.7 Å². The number of sulfonamides is 1. The second-order valence-corrected chi connectivity index (χ2v) is 8.12. The van der Waals surface area contributed by atoms with Gasteiger partial charge < -0.3 is 10.3 Å². The number of imidazole rings is 1. The molecule has 25 heavy (non-hydrogen) atoms. The molecular weight excluding hydrogens is 360 g/mol. The molecule has 0 atom stereocenters. The smallest absolute Gasteiger partial charge is 0.262 e. The van der Waals surface area contributed by atoms with Crippen molar-refractivity contribution in [1.82, 2.24) is 13.9 Å². The molecule has 2 N–H and O–H groups in total. The SMILES string of the molecule is CC(C)Cn1cnc(S(=O)(=O)N(CCN)CCc2ccccc2)c1.Cl. The van der Waals surface area contributed by atoms with Gasteiger partial charge in [-0.3, -0.25) is 0 Å². The van der Waals surface area contributed by atoms with E-state index >= 15 is 0 Å². The van der Waals surface area contributed by atoms with E-state index < -0.39 is 10.0 Å². The third-order valence-electron chi connectivity index (χ3n) is 3.66. The molecule has 0 fully saturated rings. The Bertz CT molecular complexity index is 732. The minimum Gasteiger partial charge on any atom is -0.336 e. The first-order valence-corrected chi connectivity index (χ1v) is 9.63. The van der Waals surface area contributed by atoms with E-state index in [1.165, 1.54) is 4.31 Å². The van der Waals surface area contributed by atoms with Gasteiger partial charge in [-0.1, -0.05) is 44.2 Å². The van der Waals surface area contributed by atoms with Crippen LogP contribution in [0.25, 0.3) is 0 Å². The van der Waals surface area contributed by atoms with Crippen molar-refractivity contribution in [3.8, 4) is 0 Å². The maximum Gasteiger partial charge on any atom is 0.262 e. The van der Waals surface area contributed by atoms with Gasteiger partial charge in [0.15, 0.2) is 5.03 Å². The second-order valence-electron chi connectivity index (χ2n) is 6.23. The molecule has 0 bridgehead atoms. The zero-order chi connectivity index (χ0) is 17.6. The van der Waals surface area contributed by atoms with Crippen LogP contribution in [0.15, 0.2) is 47.9 Å². The van der Waals surface area contributed by atoms with Crippen molar-refractivity contribution < 1.29 is 8.42 Å². The Balaban J connectivity index is 0.00000312. The highest BCUT2D eigenvalue weighted by Gasteiger charge is 2.26. The Kier molecular flexibility index (Phi) is 8.58. The van der Waals surface area contributed by atoms with Gasteiger partial charge in [0, 0.05) is 32.4 Å². The fourth-order valence-corrected chi connectivity index (χ4v) is 3.91. The van der Waals surface area contributed by atoms with Gasteiger partial charge in [-0.25, -0.2) is 13.4 Å². The molecule has 0 unspecified atom stereocenters. The predicted molar refractivity (Wildman–Crippen MR) is 102 cm³/mol. The summed E-state index contributed by atoms with van der Waals surface area (Å²) < 4.78 is 28.9. The fourth-order valence-electron chi connectivity index (χ4n) is 2.52. The lowest BCUT2D eigenvalue weighted by molar-refractivity contribution is 0.419. The molecule has 140 valence electrons. The third-order valence-corrected chi connectivity index (χ3v) is 5.45. The molecule has 2 aromatic rings. The van der Waals surface area contributed by atoms with Crippen LogP contribution in [0.3, 0.4) is 0 Å². The van der Waals surface area contributed by atoms with Gasteiger partial charge in [-0.05, 0) is 17.9 Å². The number of rotatable bonds is 9. The Labute approximate surface area is 156 Å². The van der Waals surface area contributed by atoms with E-state index in [9.17, 15) is 8.42 Å². The van der Waals surface area contributed by atoms with Gasteiger partial charge in [0.05, 0.1) is 6.33 Å². The highest BCUT2D eigenvalue weighted by Crippen LogP contribution is 2.15. The van der Waals surface area contributed by atoms with Crippen LogP contribution >= 0.6 is 12.4 Å². The van der Waals surface area contributed by atoms with Crippen molar-refractivity contribution in [2.75, 3.05) is 19.6 Å². The van der Waals surface area contributed by atoms with Gasteiger partial charge in [-0.15, -0.1) is 12.4 Å². The predicted octanol–water partition coefficient (Wildman–Crippen LogP) is 2.15. The quantitative estimate of drug-likeness (QED) is 0.715. The zero-order valence-electron chi connectivity index (χ0n) is 14.7. The van der Waals surface area contributed by atoms with Crippen LogP contribution in [0.1, 0.15) is 19.4 Å². The second kappa shape index (κ2) is 9.91. The summed E-state index contributed by atoms with van der Waals surface area (Å²) in [5, 5.41) is 0.0876. The van der Waals surface area contributed by atoms with Crippen LogP contribution in [0.5, 0.6) is 0 Å². The summed E-state index contributed by atoms with van der Waals surface area (Å²) in [4.78, 5) is 4.09. The molecule has 1 heterocycles. The average Bonchev–Trinajstić information content (AvgIpc) is 3.00. The molecule has 0 saturated heterocycles. The third kappa shape index (κ3) is 6.11. The van der Waals surface area contributed by atoms with E-state index in [1.807, 2.05) is 34.9 Å². The van der Waals surface area contributed by atoms with Crippen LogP contribution < -0.4 is 5.73 Å². The van der Waals surface area contributed by atoms with Gasteiger partial charge in [0.25, 0.3) is 10.0 Å². The highest BCUT2D eigenvalue weighted by molar-refractivity contribution is 7.89. The first-order chi connectivity index (χ1) is 11.4. The molecule has 0 aliphatic rings. The molecule has 0 amide bonds. The van der Waals surface area contributed by atoms with E-state index in [1.54, 1.807) is 12.5 Å². The van der Waals surface area contributed by atoms with E-state index in [0.717, 1.165) is 12.1 Å². The maximum absolute atomic E-state index is 12.8. The minimum absolute atomic E-state index is 0. The molecular formula is C17H27ClN4O2S. The molecule has 8 heteroatoms. The molecule has 0 saturated carbocycles. The Morgan fingerprint density at radius 2 is 1.88 bits per heavy atom. The van der Waals surface area contributed by atoms with Crippen molar-refractivity contribution in [3.63, 3.8) is 0 Å². The summed E-state index contributed by atoms with van der Waals surface area (Å²) in [6.07, 6.45) is 3.82. The normalized spacial score (nSPS) is 11.7. The van der Waals surface area contributed by atoms with Gasteiger partial charge >= 0.3 is 0 Å². The largest absolute Gasteiger partial charge is 0.336 e. The van der Waals surface area contributed by atoms with E-state index in [2.05, 4.69) is 18.8 Å². The molecule has 0 radical (unpaired) electrons.